The summed E-state index contributed by atoms with van der Waals surface area (Å²) < 4.78 is 42.6. The van der Waals surface area contributed by atoms with E-state index in [0.717, 1.165) is 35.6 Å². The van der Waals surface area contributed by atoms with Crippen molar-refractivity contribution in [3.63, 3.8) is 0 Å². The third kappa shape index (κ3) is 4.29. The van der Waals surface area contributed by atoms with E-state index in [4.69, 9.17) is 0 Å². The molecule has 3 rings (SSSR count). The average molecular weight is 408 g/mol. The number of aromatic nitrogens is 1. The molecular formula is C17H13FN2O5S2. The molecule has 140 valence electrons. The van der Waals surface area contributed by atoms with Gasteiger partial charge in [0.25, 0.3) is 0 Å². The highest BCUT2D eigenvalue weighted by molar-refractivity contribution is 7.92. The third-order valence-corrected chi connectivity index (χ3v) is 6.12. The van der Waals surface area contributed by atoms with Gasteiger partial charge in [0.2, 0.25) is 5.91 Å². The topological polar surface area (TPSA) is 102 Å². The first kappa shape index (κ1) is 18.9. The lowest BCUT2D eigenvalue weighted by atomic mass is 10.2. The molecule has 1 N–H and O–H groups in total. The van der Waals surface area contributed by atoms with Gasteiger partial charge in [-0.2, -0.15) is 0 Å². The average Bonchev–Trinajstić information content (AvgIpc) is 3.01. The van der Waals surface area contributed by atoms with E-state index >= 15 is 0 Å². The first-order valence-electron chi connectivity index (χ1n) is 7.55. The van der Waals surface area contributed by atoms with Gasteiger partial charge in [0.05, 0.1) is 27.8 Å². The molecule has 7 nitrogen and oxygen atoms in total. The van der Waals surface area contributed by atoms with Crippen molar-refractivity contribution in [1.29, 1.82) is 0 Å². The summed E-state index contributed by atoms with van der Waals surface area (Å²) in [6.07, 6.45) is 0. The van der Waals surface area contributed by atoms with Gasteiger partial charge in [-0.15, -0.1) is 0 Å². The molecule has 10 heteroatoms. The van der Waals surface area contributed by atoms with Gasteiger partial charge >= 0.3 is 5.97 Å². The van der Waals surface area contributed by atoms with Gasteiger partial charge in [-0.1, -0.05) is 11.3 Å². The minimum absolute atomic E-state index is 0.147. The Morgan fingerprint density at radius 1 is 1.19 bits per heavy atom. The van der Waals surface area contributed by atoms with Gasteiger partial charge in [-0.25, -0.2) is 22.6 Å². The molecule has 0 aliphatic rings. The number of ether oxygens (including phenoxy) is 1. The van der Waals surface area contributed by atoms with Gasteiger partial charge in [0.1, 0.15) is 11.6 Å². The number of hydrogen-bond acceptors (Lipinski definition) is 7. The smallest absolute Gasteiger partial charge is 0.337 e. The molecule has 0 aliphatic heterocycles. The van der Waals surface area contributed by atoms with Crippen molar-refractivity contribution in [2.75, 3.05) is 18.2 Å². The molecule has 0 atom stereocenters. The number of anilines is 1. The number of carbonyl (C=O) groups is 2. The maximum absolute atomic E-state index is 12.9. The molecule has 2 aromatic carbocycles. The lowest BCUT2D eigenvalue weighted by molar-refractivity contribution is -0.113. The van der Waals surface area contributed by atoms with Crippen LogP contribution in [-0.2, 0) is 19.4 Å². The Hall–Kier alpha value is -2.85. The number of hydrogen-bond donors (Lipinski definition) is 1. The number of halogens is 1. The van der Waals surface area contributed by atoms with Gasteiger partial charge in [-0.05, 0) is 42.5 Å². The van der Waals surface area contributed by atoms with Crippen LogP contribution in [0.2, 0.25) is 0 Å². The highest BCUT2D eigenvalue weighted by atomic mass is 32.2. The Bertz CT molecular complexity index is 1120. The second-order valence-electron chi connectivity index (χ2n) is 5.45. The number of methoxy groups -OCH3 is 1. The Labute approximate surface area is 157 Å². The van der Waals surface area contributed by atoms with Crippen LogP contribution >= 0.6 is 11.3 Å². The van der Waals surface area contributed by atoms with Crippen molar-refractivity contribution in [3.05, 3.63) is 53.8 Å². The second-order valence-corrected chi connectivity index (χ2v) is 8.47. The first-order chi connectivity index (χ1) is 12.8. The van der Waals surface area contributed by atoms with Crippen molar-refractivity contribution in [3.8, 4) is 0 Å². The first-order valence-corrected chi connectivity index (χ1v) is 10.0. The van der Waals surface area contributed by atoms with Gasteiger partial charge in [-0.3, -0.25) is 4.79 Å². The zero-order valence-electron chi connectivity index (χ0n) is 13.9. The lowest BCUT2D eigenvalue weighted by Crippen LogP contribution is -2.22. The SMILES string of the molecule is COC(=O)c1ccc2nc(NC(=O)CS(=O)(=O)c3ccc(F)cc3)sc2c1. The Balaban J connectivity index is 1.75. The Morgan fingerprint density at radius 2 is 1.89 bits per heavy atom. The van der Waals surface area contributed by atoms with Crippen molar-refractivity contribution < 1.29 is 27.1 Å². The standard InChI is InChI=1S/C17H13FN2O5S2/c1-25-16(22)10-2-7-13-14(8-10)26-17(19-13)20-15(21)9-27(23,24)12-5-3-11(18)4-6-12/h2-8H,9H2,1H3,(H,19,20,21). The van der Waals surface area contributed by atoms with Crippen molar-refractivity contribution >= 4 is 48.4 Å². The van der Waals surface area contributed by atoms with Gasteiger partial charge in [0.15, 0.2) is 15.0 Å². The number of sulfone groups is 1. The van der Waals surface area contributed by atoms with Crippen LogP contribution in [0, 0.1) is 5.82 Å². The number of thiazole rings is 1. The number of nitrogens with one attached hydrogen (secondary N) is 1. The minimum Gasteiger partial charge on any atom is -0.465 e. The highest BCUT2D eigenvalue weighted by Crippen LogP contribution is 2.27. The molecule has 0 saturated heterocycles. The van der Waals surface area contributed by atoms with E-state index in [2.05, 4.69) is 15.0 Å². The number of nitrogens with zero attached hydrogens (tertiary/aromatic N) is 1. The summed E-state index contributed by atoms with van der Waals surface area (Å²) in [5.41, 5.74) is 0.884. The molecule has 0 aliphatic carbocycles. The van der Waals surface area contributed by atoms with Crippen LogP contribution in [-0.4, -0.2) is 38.1 Å². The molecule has 0 spiro atoms. The summed E-state index contributed by atoms with van der Waals surface area (Å²) in [7, 11) is -2.64. The number of esters is 1. The molecule has 27 heavy (non-hydrogen) atoms. The van der Waals surface area contributed by atoms with Crippen molar-refractivity contribution in [2.45, 2.75) is 4.90 Å². The zero-order valence-corrected chi connectivity index (χ0v) is 15.6. The summed E-state index contributed by atoms with van der Waals surface area (Å²) in [5.74, 6) is -2.64. The van der Waals surface area contributed by atoms with Crippen molar-refractivity contribution in [1.82, 2.24) is 4.98 Å². The molecule has 1 heterocycles. The van der Waals surface area contributed by atoms with E-state index < -0.39 is 33.3 Å². The quantitative estimate of drug-likeness (QED) is 0.514. The predicted molar refractivity (Wildman–Crippen MR) is 98.0 cm³/mol. The molecule has 3 aromatic rings. The summed E-state index contributed by atoms with van der Waals surface area (Å²) in [5, 5.41) is 2.63. The minimum atomic E-state index is -3.91. The fraction of sp³-hybridized carbons (Fsp3) is 0.118. The monoisotopic (exact) mass is 408 g/mol. The van der Waals surface area contributed by atoms with Gasteiger partial charge < -0.3 is 10.1 Å². The third-order valence-electron chi connectivity index (χ3n) is 3.55. The van der Waals surface area contributed by atoms with E-state index in [1.165, 1.54) is 7.11 Å². The summed E-state index contributed by atoms with van der Waals surface area (Å²) in [4.78, 5) is 27.7. The van der Waals surface area contributed by atoms with E-state index in [-0.39, 0.29) is 10.0 Å². The van der Waals surface area contributed by atoms with Gasteiger partial charge in [0, 0.05) is 0 Å². The van der Waals surface area contributed by atoms with Crippen LogP contribution in [0.4, 0.5) is 9.52 Å². The molecule has 0 fully saturated rings. The molecule has 0 unspecified atom stereocenters. The molecule has 0 bridgehead atoms. The van der Waals surface area contributed by atoms with Crippen LogP contribution in [0.15, 0.2) is 47.4 Å². The molecule has 0 saturated carbocycles. The maximum atomic E-state index is 12.9. The molecular weight excluding hydrogens is 395 g/mol. The molecule has 1 aromatic heterocycles. The number of benzene rings is 2. The van der Waals surface area contributed by atoms with Crippen LogP contribution in [0.1, 0.15) is 10.4 Å². The fourth-order valence-electron chi connectivity index (χ4n) is 2.28. The highest BCUT2D eigenvalue weighted by Gasteiger charge is 2.20. The number of rotatable bonds is 5. The fourth-order valence-corrected chi connectivity index (χ4v) is 4.33. The molecule has 0 radical (unpaired) electrons. The summed E-state index contributed by atoms with van der Waals surface area (Å²) in [6.45, 7) is 0. The van der Waals surface area contributed by atoms with E-state index in [1.54, 1.807) is 18.2 Å². The number of amides is 1. The van der Waals surface area contributed by atoms with Crippen LogP contribution in [0.3, 0.4) is 0 Å². The normalized spacial score (nSPS) is 11.3. The zero-order chi connectivity index (χ0) is 19.6. The van der Waals surface area contributed by atoms with Crippen LogP contribution < -0.4 is 5.32 Å². The molecule has 1 amide bonds. The van der Waals surface area contributed by atoms with Crippen LogP contribution in [0.25, 0.3) is 10.2 Å². The lowest BCUT2D eigenvalue weighted by Gasteiger charge is -2.04. The summed E-state index contributed by atoms with van der Waals surface area (Å²) >= 11 is 1.10. The second kappa shape index (κ2) is 7.41. The Kier molecular flexibility index (Phi) is 5.19. The van der Waals surface area contributed by atoms with Crippen molar-refractivity contribution in [2.24, 2.45) is 0 Å². The van der Waals surface area contributed by atoms with E-state index in [0.29, 0.717) is 15.8 Å². The van der Waals surface area contributed by atoms with E-state index in [1.807, 2.05) is 0 Å². The number of carbonyl (C=O) groups excluding carboxylic acids is 2. The number of fused-ring (bicyclic) bond motifs is 1. The van der Waals surface area contributed by atoms with E-state index in [9.17, 15) is 22.4 Å². The summed E-state index contributed by atoms with van der Waals surface area (Å²) in [6, 6.07) is 8.94. The maximum Gasteiger partial charge on any atom is 0.337 e. The van der Waals surface area contributed by atoms with Crippen LogP contribution in [0.5, 0.6) is 0 Å². The Morgan fingerprint density at radius 3 is 2.56 bits per heavy atom. The largest absolute Gasteiger partial charge is 0.465 e. The predicted octanol–water partition coefficient (Wildman–Crippen LogP) is 2.63.